The molecule has 0 heterocycles. The van der Waals surface area contributed by atoms with Gasteiger partial charge in [0, 0.05) is 4.47 Å². The Bertz CT molecular complexity index is 332. The molecule has 0 saturated heterocycles. The lowest BCUT2D eigenvalue weighted by Gasteiger charge is -2.14. The first-order chi connectivity index (χ1) is 6.53. The minimum absolute atomic E-state index is 0.215. The summed E-state index contributed by atoms with van der Waals surface area (Å²) in [7, 11) is 0. The maximum absolute atomic E-state index is 8.86. The van der Waals surface area contributed by atoms with E-state index < -0.39 is 0 Å². The van der Waals surface area contributed by atoms with E-state index in [0.717, 1.165) is 17.3 Å². The maximum Gasteiger partial charge on any atom is 0.0684 e. The molecule has 1 aromatic carbocycles. The van der Waals surface area contributed by atoms with Gasteiger partial charge in [0.05, 0.1) is 11.5 Å². The molecule has 0 spiro atoms. The second-order valence-corrected chi connectivity index (χ2v) is 5.04. The van der Waals surface area contributed by atoms with E-state index in [0.29, 0.717) is 0 Å². The Morgan fingerprint density at radius 2 is 1.86 bits per heavy atom. The van der Waals surface area contributed by atoms with Crippen LogP contribution < -0.4 is 0 Å². The highest BCUT2D eigenvalue weighted by molar-refractivity contribution is 9.10. The van der Waals surface area contributed by atoms with Crippen molar-refractivity contribution in [2.75, 3.05) is 0 Å². The van der Waals surface area contributed by atoms with Crippen LogP contribution >= 0.6 is 15.9 Å². The molecule has 1 rings (SSSR count). The Kier molecular flexibility index (Phi) is 3.71. The van der Waals surface area contributed by atoms with Crippen LogP contribution in [0, 0.1) is 16.7 Å². The van der Waals surface area contributed by atoms with Gasteiger partial charge < -0.3 is 0 Å². The average molecular weight is 252 g/mol. The average Bonchev–Trinajstić information content (AvgIpc) is 2.17. The minimum Gasteiger partial charge on any atom is -0.198 e. The molecule has 0 saturated carbocycles. The molecular weight excluding hydrogens is 238 g/mol. The smallest absolute Gasteiger partial charge is 0.0684 e. The van der Waals surface area contributed by atoms with Crippen molar-refractivity contribution in [1.82, 2.24) is 0 Å². The SMILES string of the molecule is CC(C)(C#N)CCc1ccc(Br)cc1. The van der Waals surface area contributed by atoms with Crippen LogP contribution in [0.25, 0.3) is 0 Å². The zero-order valence-corrected chi connectivity index (χ0v) is 10.1. The molecule has 74 valence electrons. The Labute approximate surface area is 93.9 Å². The first-order valence-electron chi connectivity index (χ1n) is 4.69. The summed E-state index contributed by atoms with van der Waals surface area (Å²) in [4.78, 5) is 0. The normalized spacial score (nSPS) is 11.0. The summed E-state index contributed by atoms with van der Waals surface area (Å²) >= 11 is 3.40. The zero-order chi connectivity index (χ0) is 10.6. The van der Waals surface area contributed by atoms with Crippen molar-refractivity contribution in [3.8, 4) is 6.07 Å². The molecule has 0 aliphatic carbocycles. The summed E-state index contributed by atoms with van der Waals surface area (Å²) in [5.74, 6) is 0. The topological polar surface area (TPSA) is 23.8 Å². The van der Waals surface area contributed by atoms with Crippen LogP contribution in [-0.2, 0) is 6.42 Å². The molecule has 14 heavy (non-hydrogen) atoms. The fraction of sp³-hybridized carbons (Fsp3) is 0.417. The lowest BCUT2D eigenvalue weighted by Crippen LogP contribution is -2.08. The van der Waals surface area contributed by atoms with Gasteiger partial charge in [-0.15, -0.1) is 0 Å². The van der Waals surface area contributed by atoms with Crippen molar-refractivity contribution >= 4 is 15.9 Å². The van der Waals surface area contributed by atoms with Crippen LogP contribution in [0.5, 0.6) is 0 Å². The van der Waals surface area contributed by atoms with Crippen LogP contribution in [0.4, 0.5) is 0 Å². The van der Waals surface area contributed by atoms with Gasteiger partial charge in [-0.05, 0) is 44.4 Å². The van der Waals surface area contributed by atoms with Crippen LogP contribution in [0.2, 0.25) is 0 Å². The predicted molar refractivity (Wildman–Crippen MR) is 61.9 cm³/mol. The lowest BCUT2D eigenvalue weighted by atomic mass is 9.88. The number of hydrogen-bond acceptors (Lipinski definition) is 1. The molecule has 0 bridgehead atoms. The van der Waals surface area contributed by atoms with E-state index >= 15 is 0 Å². The van der Waals surface area contributed by atoms with Gasteiger partial charge in [0.25, 0.3) is 0 Å². The van der Waals surface area contributed by atoms with E-state index in [1.165, 1.54) is 5.56 Å². The summed E-state index contributed by atoms with van der Waals surface area (Å²) in [5.41, 5.74) is 1.07. The number of benzene rings is 1. The Hall–Kier alpha value is -0.810. The fourth-order valence-corrected chi connectivity index (χ4v) is 1.43. The second kappa shape index (κ2) is 4.61. The van der Waals surface area contributed by atoms with Crippen LogP contribution in [-0.4, -0.2) is 0 Å². The number of aryl methyl sites for hydroxylation is 1. The first kappa shape index (κ1) is 11.3. The summed E-state index contributed by atoms with van der Waals surface area (Å²) in [5, 5.41) is 8.86. The molecule has 0 radical (unpaired) electrons. The third-order valence-electron chi connectivity index (χ3n) is 2.25. The van der Waals surface area contributed by atoms with Crippen LogP contribution in [0.3, 0.4) is 0 Å². The van der Waals surface area contributed by atoms with Gasteiger partial charge in [-0.3, -0.25) is 0 Å². The van der Waals surface area contributed by atoms with Crippen molar-refractivity contribution in [3.63, 3.8) is 0 Å². The van der Waals surface area contributed by atoms with E-state index in [9.17, 15) is 0 Å². The highest BCUT2D eigenvalue weighted by atomic mass is 79.9. The Morgan fingerprint density at radius 3 is 2.36 bits per heavy atom. The maximum atomic E-state index is 8.86. The molecule has 0 aliphatic rings. The minimum atomic E-state index is -0.215. The summed E-state index contributed by atoms with van der Waals surface area (Å²) in [6.07, 6.45) is 1.87. The van der Waals surface area contributed by atoms with E-state index in [1.807, 2.05) is 26.0 Å². The zero-order valence-electron chi connectivity index (χ0n) is 8.55. The summed E-state index contributed by atoms with van der Waals surface area (Å²) in [6.45, 7) is 3.96. The van der Waals surface area contributed by atoms with Gasteiger partial charge in [0.15, 0.2) is 0 Å². The summed E-state index contributed by atoms with van der Waals surface area (Å²) in [6, 6.07) is 10.6. The first-order valence-corrected chi connectivity index (χ1v) is 5.48. The van der Waals surface area contributed by atoms with Crippen LogP contribution in [0.1, 0.15) is 25.8 Å². The second-order valence-electron chi connectivity index (χ2n) is 4.12. The van der Waals surface area contributed by atoms with Gasteiger partial charge >= 0.3 is 0 Å². The molecule has 0 aliphatic heterocycles. The molecule has 0 fully saturated rings. The van der Waals surface area contributed by atoms with E-state index in [1.54, 1.807) is 0 Å². The molecule has 2 heteroatoms. The Balaban J connectivity index is 2.55. The van der Waals surface area contributed by atoms with Crippen molar-refractivity contribution in [3.05, 3.63) is 34.3 Å². The highest BCUT2D eigenvalue weighted by Crippen LogP contribution is 2.22. The van der Waals surface area contributed by atoms with E-state index in [2.05, 4.69) is 34.1 Å². The fourth-order valence-electron chi connectivity index (χ4n) is 1.16. The van der Waals surface area contributed by atoms with E-state index in [-0.39, 0.29) is 5.41 Å². The van der Waals surface area contributed by atoms with Crippen molar-refractivity contribution in [2.45, 2.75) is 26.7 Å². The molecule has 0 unspecified atom stereocenters. The van der Waals surface area contributed by atoms with Crippen LogP contribution in [0.15, 0.2) is 28.7 Å². The molecule has 0 atom stereocenters. The number of hydrogen-bond donors (Lipinski definition) is 0. The largest absolute Gasteiger partial charge is 0.198 e. The van der Waals surface area contributed by atoms with Crippen molar-refractivity contribution in [1.29, 1.82) is 5.26 Å². The predicted octanol–water partition coefficient (Wildman–Crippen LogP) is 3.93. The highest BCUT2D eigenvalue weighted by Gasteiger charge is 2.15. The van der Waals surface area contributed by atoms with E-state index in [4.69, 9.17) is 5.26 Å². The number of rotatable bonds is 3. The van der Waals surface area contributed by atoms with Gasteiger partial charge in [-0.2, -0.15) is 5.26 Å². The third kappa shape index (κ3) is 3.51. The Morgan fingerprint density at radius 1 is 1.29 bits per heavy atom. The number of nitrogens with zero attached hydrogens (tertiary/aromatic N) is 1. The standard InChI is InChI=1S/C12H14BrN/c1-12(2,9-14)8-7-10-3-5-11(13)6-4-10/h3-6H,7-8H2,1-2H3. The van der Waals surface area contributed by atoms with Gasteiger partial charge in [0.2, 0.25) is 0 Å². The van der Waals surface area contributed by atoms with Gasteiger partial charge in [0.1, 0.15) is 0 Å². The molecule has 0 amide bonds. The number of halogens is 1. The molecule has 1 aromatic rings. The number of nitriles is 1. The molecule has 1 nitrogen and oxygen atoms in total. The quantitative estimate of drug-likeness (QED) is 0.799. The van der Waals surface area contributed by atoms with Crippen molar-refractivity contribution < 1.29 is 0 Å². The third-order valence-corrected chi connectivity index (χ3v) is 2.78. The summed E-state index contributed by atoms with van der Waals surface area (Å²) < 4.78 is 1.10. The molecule has 0 aromatic heterocycles. The van der Waals surface area contributed by atoms with Gasteiger partial charge in [-0.25, -0.2) is 0 Å². The van der Waals surface area contributed by atoms with Crippen molar-refractivity contribution in [2.24, 2.45) is 5.41 Å². The molecule has 0 N–H and O–H groups in total. The van der Waals surface area contributed by atoms with Gasteiger partial charge in [-0.1, -0.05) is 28.1 Å². The molecular formula is C12H14BrN. The lowest BCUT2D eigenvalue weighted by molar-refractivity contribution is 0.452. The monoisotopic (exact) mass is 251 g/mol.